The van der Waals surface area contributed by atoms with Crippen molar-refractivity contribution >= 4 is 22.4 Å². The van der Waals surface area contributed by atoms with Gasteiger partial charge in [0, 0.05) is 16.6 Å². The summed E-state index contributed by atoms with van der Waals surface area (Å²) in [4.78, 5) is 17.3. The number of benzene rings is 3. The fourth-order valence-electron chi connectivity index (χ4n) is 4.38. The van der Waals surface area contributed by atoms with E-state index in [0.29, 0.717) is 11.7 Å². The number of nitrogens with zero attached hydrogens (tertiary/aromatic N) is 6. The van der Waals surface area contributed by atoms with Gasteiger partial charge >= 0.3 is 0 Å². The number of anilines is 1. The van der Waals surface area contributed by atoms with Crippen LogP contribution in [0.15, 0.2) is 90.6 Å². The largest absolute Gasteiger partial charge is 0.497 e. The Hall–Kier alpha value is -4.72. The summed E-state index contributed by atoms with van der Waals surface area (Å²) in [6.07, 6.45) is 2.56. The number of amidine groups is 1. The van der Waals surface area contributed by atoms with E-state index in [-0.39, 0.29) is 0 Å². The SMILES string of the molecule is COc1ccc(N2C(c3ccc(C)cc3)=NOC2c2cc3cc(C)ccc3nc2-n2cncn2)cc1. The van der Waals surface area contributed by atoms with Crippen LogP contribution >= 0.6 is 0 Å². The minimum Gasteiger partial charge on any atom is -0.497 e. The summed E-state index contributed by atoms with van der Waals surface area (Å²) >= 11 is 0. The van der Waals surface area contributed by atoms with Gasteiger partial charge in [0.2, 0.25) is 6.23 Å². The first-order chi connectivity index (χ1) is 17.6. The second kappa shape index (κ2) is 8.81. The number of fused-ring (bicyclic) bond motifs is 1. The van der Waals surface area contributed by atoms with Gasteiger partial charge in [-0.1, -0.05) is 46.6 Å². The number of ether oxygens (including phenoxy) is 1. The average Bonchev–Trinajstić information content (AvgIpc) is 3.59. The van der Waals surface area contributed by atoms with E-state index in [1.165, 1.54) is 11.9 Å². The van der Waals surface area contributed by atoms with Crippen LogP contribution in [0.25, 0.3) is 16.7 Å². The Morgan fingerprint density at radius 1 is 0.889 bits per heavy atom. The summed E-state index contributed by atoms with van der Waals surface area (Å²) in [7, 11) is 1.66. The third-order valence-electron chi connectivity index (χ3n) is 6.24. The molecule has 0 saturated heterocycles. The molecule has 0 aliphatic carbocycles. The number of oxime groups is 1. The molecule has 36 heavy (non-hydrogen) atoms. The van der Waals surface area contributed by atoms with Gasteiger partial charge in [0.25, 0.3) is 0 Å². The molecular formula is C28H24N6O2. The number of aryl methyl sites for hydroxylation is 2. The number of pyridine rings is 1. The Balaban J connectivity index is 1.54. The van der Waals surface area contributed by atoms with Gasteiger partial charge in [-0.15, -0.1) is 0 Å². The zero-order valence-electron chi connectivity index (χ0n) is 20.2. The van der Waals surface area contributed by atoms with Crippen LogP contribution in [0, 0.1) is 13.8 Å². The zero-order chi connectivity index (χ0) is 24.6. The molecule has 0 radical (unpaired) electrons. The van der Waals surface area contributed by atoms with Crippen molar-refractivity contribution in [1.29, 1.82) is 0 Å². The van der Waals surface area contributed by atoms with E-state index in [2.05, 4.69) is 76.5 Å². The number of hydrogen-bond acceptors (Lipinski definition) is 7. The van der Waals surface area contributed by atoms with Gasteiger partial charge in [0.05, 0.1) is 18.2 Å². The second-order valence-electron chi connectivity index (χ2n) is 8.74. The van der Waals surface area contributed by atoms with E-state index in [4.69, 9.17) is 14.6 Å². The van der Waals surface area contributed by atoms with Gasteiger partial charge in [0.1, 0.15) is 18.4 Å². The van der Waals surface area contributed by atoms with Crippen molar-refractivity contribution < 1.29 is 9.57 Å². The second-order valence-corrected chi connectivity index (χ2v) is 8.74. The molecule has 3 aromatic carbocycles. The molecule has 1 unspecified atom stereocenters. The number of hydrogen-bond donors (Lipinski definition) is 0. The van der Waals surface area contributed by atoms with Gasteiger partial charge < -0.3 is 9.57 Å². The highest BCUT2D eigenvalue weighted by Crippen LogP contribution is 2.38. The Morgan fingerprint density at radius 2 is 1.67 bits per heavy atom. The molecule has 0 amide bonds. The van der Waals surface area contributed by atoms with Gasteiger partial charge in [-0.25, -0.2) is 14.6 Å². The lowest BCUT2D eigenvalue weighted by atomic mass is 10.1. The van der Waals surface area contributed by atoms with Crippen LogP contribution in [0.3, 0.4) is 0 Å². The monoisotopic (exact) mass is 476 g/mol. The maximum Gasteiger partial charge on any atom is 0.235 e. The molecule has 1 aliphatic heterocycles. The summed E-state index contributed by atoms with van der Waals surface area (Å²) in [5, 5.41) is 9.93. The van der Waals surface area contributed by atoms with E-state index < -0.39 is 6.23 Å². The molecule has 0 N–H and O–H groups in total. The van der Waals surface area contributed by atoms with E-state index in [1.807, 2.05) is 30.3 Å². The molecule has 0 saturated carbocycles. The fraction of sp³-hybridized carbons (Fsp3) is 0.143. The van der Waals surface area contributed by atoms with Crippen LogP contribution in [-0.2, 0) is 4.84 Å². The topological polar surface area (TPSA) is 77.7 Å². The van der Waals surface area contributed by atoms with Crippen molar-refractivity contribution in [3.05, 3.63) is 108 Å². The van der Waals surface area contributed by atoms with E-state index >= 15 is 0 Å². The Kier molecular flexibility index (Phi) is 5.33. The molecule has 3 heterocycles. The zero-order valence-corrected chi connectivity index (χ0v) is 20.2. The average molecular weight is 477 g/mol. The lowest BCUT2D eigenvalue weighted by Crippen LogP contribution is -2.32. The van der Waals surface area contributed by atoms with Crippen molar-refractivity contribution in [2.24, 2.45) is 5.16 Å². The van der Waals surface area contributed by atoms with Gasteiger partial charge in [-0.3, -0.25) is 4.90 Å². The lowest BCUT2D eigenvalue weighted by molar-refractivity contribution is 0.0865. The molecular weight excluding hydrogens is 452 g/mol. The predicted octanol–water partition coefficient (Wildman–Crippen LogP) is 5.34. The Labute approximate surface area is 208 Å². The molecule has 8 heteroatoms. The van der Waals surface area contributed by atoms with Crippen molar-refractivity contribution in [3.8, 4) is 11.6 Å². The molecule has 178 valence electrons. The highest BCUT2D eigenvalue weighted by Gasteiger charge is 2.36. The standard InChI is InChI=1S/C28H24N6O2/c1-18-4-7-20(8-5-18)26-32-36-28(34(26)22-9-11-23(35-3)12-10-22)24-15-21-14-19(2)6-13-25(21)31-27(24)33-17-29-16-30-33/h4-17,28H,1-3H3. The van der Waals surface area contributed by atoms with Crippen LogP contribution < -0.4 is 9.64 Å². The first kappa shape index (κ1) is 21.8. The highest BCUT2D eigenvalue weighted by atomic mass is 16.7. The Morgan fingerprint density at radius 3 is 2.39 bits per heavy atom. The first-order valence-corrected chi connectivity index (χ1v) is 11.6. The van der Waals surface area contributed by atoms with Crippen LogP contribution in [0.2, 0.25) is 0 Å². The van der Waals surface area contributed by atoms with Crippen molar-refractivity contribution in [1.82, 2.24) is 19.7 Å². The summed E-state index contributed by atoms with van der Waals surface area (Å²) in [6.45, 7) is 4.13. The van der Waals surface area contributed by atoms with Gasteiger partial charge in [0.15, 0.2) is 11.7 Å². The predicted molar refractivity (Wildman–Crippen MR) is 138 cm³/mol. The number of methoxy groups -OCH3 is 1. The third kappa shape index (κ3) is 3.82. The van der Waals surface area contributed by atoms with Gasteiger partial charge in [-0.05, 0) is 56.3 Å². The summed E-state index contributed by atoms with van der Waals surface area (Å²) in [5.41, 5.74) is 5.87. The van der Waals surface area contributed by atoms with Crippen LogP contribution in [0.4, 0.5) is 5.69 Å². The third-order valence-corrected chi connectivity index (χ3v) is 6.24. The summed E-state index contributed by atoms with van der Waals surface area (Å²) in [6, 6.07) is 24.4. The molecule has 8 nitrogen and oxygen atoms in total. The molecule has 0 spiro atoms. The lowest BCUT2D eigenvalue weighted by Gasteiger charge is -2.27. The molecule has 2 aromatic heterocycles. The minimum absolute atomic E-state index is 0.577. The smallest absolute Gasteiger partial charge is 0.235 e. The fourth-order valence-corrected chi connectivity index (χ4v) is 4.38. The molecule has 6 rings (SSSR count). The highest BCUT2D eigenvalue weighted by molar-refractivity contribution is 6.11. The van der Waals surface area contributed by atoms with E-state index in [1.54, 1.807) is 18.1 Å². The number of rotatable bonds is 5. The van der Waals surface area contributed by atoms with Crippen LogP contribution in [-0.4, -0.2) is 32.7 Å². The van der Waals surface area contributed by atoms with Crippen LogP contribution in [0.5, 0.6) is 5.75 Å². The van der Waals surface area contributed by atoms with E-state index in [0.717, 1.165) is 39.0 Å². The van der Waals surface area contributed by atoms with Crippen molar-refractivity contribution in [2.75, 3.05) is 12.0 Å². The molecule has 1 atom stereocenters. The molecule has 0 fully saturated rings. The Bertz CT molecular complexity index is 1560. The summed E-state index contributed by atoms with van der Waals surface area (Å²) < 4.78 is 7.05. The quantitative estimate of drug-likeness (QED) is 0.341. The first-order valence-electron chi connectivity index (χ1n) is 11.6. The van der Waals surface area contributed by atoms with Crippen molar-refractivity contribution in [2.45, 2.75) is 20.1 Å². The van der Waals surface area contributed by atoms with Crippen LogP contribution in [0.1, 0.15) is 28.5 Å². The molecule has 5 aromatic rings. The summed E-state index contributed by atoms with van der Waals surface area (Å²) in [5.74, 6) is 2.11. The normalized spacial score (nSPS) is 15.1. The van der Waals surface area contributed by atoms with Gasteiger partial charge in [-0.2, -0.15) is 5.10 Å². The number of aromatic nitrogens is 4. The van der Waals surface area contributed by atoms with Crippen molar-refractivity contribution in [3.63, 3.8) is 0 Å². The maximum atomic E-state index is 6.16. The molecule has 0 bridgehead atoms. The van der Waals surface area contributed by atoms with E-state index in [9.17, 15) is 0 Å². The minimum atomic E-state index is -0.577. The molecule has 1 aliphatic rings. The maximum absolute atomic E-state index is 6.16.